The summed E-state index contributed by atoms with van der Waals surface area (Å²) in [6.45, 7) is 3.73. The largest absolute Gasteiger partial charge is 0.355 e. The van der Waals surface area contributed by atoms with Gasteiger partial charge in [0.1, 0.15) is 6.33 Å². The molecule has 2 saturated heterocycles. The van der Waals surface area contributed by atoms with Crippen LogP contribution in [0.4, 0.5) is 5.82 Å². The third kappa shape index (κ3) is 2.97. The molecule has 0 N–H and O–H groups in total. The van der Waals surface area contributed by atoms with Crippen molar-refractivity contribution in [2.75, 3.05) is 31.1 Å². The van der Waals surface area contributed by atoms with Gasteiger partial charge in [-0.25, -0.2) is 15.0 Å². The summed E-state index contributed by atoms with van der Waals surface area (Å²) in [7, 11) is 1.95. The average molecular weight is 368 g/mol. The van der Waals surface area contributed by atoms with E-state index >= 15 is 0 Å². The van der Waals surface area contributed by atoms with Gasteiger partial charge in [0, 0.05) is 39.1 Å². The number of likely N-dealkylation sites (tertiary alicyclic amines) is 1. The number of hydrogen-bond donors (Lipinski definition) is 0. The summed E-state index contributed by atoms with van der Waals surface area (Å²) in [6.07, 6.45) is 10.5. The number of hydrogen-bond acceptors (Lipinski definition) is 5. The summed E-state index contributed by atoms with van der Waals surface area (Å²) in [6, 6.07) is 0. The number of nitrogens with zero attached hydrogens (tertiary/aromatic N) is 6. The first-order chi connectivity index (χ1) is 13.2. The van der Waals surface area contributed by atoms with E-state index in [0.29, 0.717) is 5.91 Å². The van der Waals surface area contributed by atoms with Gasteiger partial charge in [0.05, 0.1) is 6.33 Å². The van der Waals surface area contributed by atoms with E-state index in [1.165, 1.54) is 25.7 Å². The van der Waals surface area contributed by atoms with Gasteiger partial charge in [-0.1, -0.05) is 12.8 Å². The predicted molar refractivity (Wildman–Crippen MR) is 103 cm³/mol. The number of aryl methyl sites for hydroxylation is 1. The maximum absolute atomic E-state index is 13.1. The summed E-state index contributed by atoms with van der Waals surface area (Å²) >= 11 is 0. The molecule has 0 spiro atoms. The number of amides is 1. The predicted octanol–water partition coefficient (Wildman–Crippen LogP) is 2.23. The van der Waals surface area contributed by atoms with E-state index in [0.717, 1.165) is 67.8 Å². The Bertz CT molecular complexity index is 826. The zero-order chi connectivity index (χ0) is 18.4. The van der Waals surface area contributed by atoms with E-state index in [1.807, 2.05) is 11.6 Å². The van der Waals surface area contributed by atoms with Crippen LogP contribution in [0.3, 0.4) is 0 Å². The van der Waals surface area contributed by atoms with Crippen molar-refractivity contribution in [2.24, 2.45) is 24.8 Å². The van der Waals surface area contributed by atoms with Crippen molar-refractivity contribution in [2.45, 2.75) is 38.5 Å². The van der Waals surface area contributed by atoms with Gasteiger partial charge in [-0.2, -0.15) is 0 Å². The highest BCUT2D eigenvalue weighted by molar-refractivity contribution is 5.84. The molecule has 2 aliphatic heterocycles. The van der Waals surface area contributed by atoms with Crippen molar-refractivity contribution in [3.8, 4) is 0 Å². The normalized spacial score (nSPS) is 26.6. The van der Waals surface area contributed by atoms with Crippen LogP contribution in [-0.2, 0) is 11.8 Å². The van der Waals surface area contributed by atoms with Gasteiger partial charge in [0.15, 0.2) is 17.0 Å². The molecule has 7 heteroatoms. The third-order valence-electron chi connectivity index (χ3n) is 6.91. The van der Waals surface area contributed by atoms with Crippen molar-refractivity contribution >= 4 is 22.9 Å². The molecule has 0 bridgehead atoms. The van der Waals surface area contributed by atoms with Gasteiger partial charge in [0.25, 0.3) is 0 Å². The van der Waals surface area contributed by atoms with Gasteiger partial charge in [-0.15, -0.1) is 0 Å². The standard InChI is InChI=1S/C20H28N6O/c1-24-13-23-17-18(24)21-12-22-19(17)25-8-6-14(7-9-25)20(27)26-10-15-4-2-3-5-16(15)11-26/h12-16H,2-11H2,1H3. The fourth-order valence-corrected chi connectivity index (χ4v) is 5.35. The van der Waals surface area contributed by atoms with E-state index in [9.17, 15) is 4.79 Å². The fourth-order valence-electron chi connectivity index (χ4n) is 5.35. The number of carbonyl (C=O) groups is 1. The second-order valence-electron chi connectivity index (χ2n) is 8.53. The molecule has 3 aliphatic rings. The van der Waals surface area contributed by atoms with E-state index in [4.69, 9.17) is 0 Å². The SMILES string of the molecule is Cn1cnc2c(N3CCC(C(=O)N4CC5CCCCC5C4)CC3)ncnc21. The second-order valence-corrected chi connectivity index (χ2v) is 8.53. The van der Waals surface area contributed by atoms with Crippen LogP contribution in [0.15, 0.2) is 12.7 Å². The number of rotatable bonds is 2. The molecule has 4 heterocycles. The van der Waals surface area contributed by atoms with Crippen molar-refractivity contribution in [1.82, 2.24) is 24.4 Å². The molecule has 2 aromatic heterocycles. The van der Waals surface area contributed by atoms with Crippen molar-refractivity contribution in [3.63, 3.8) is 0 Å². The Morgan fingerprint density at radius 2 is 1.70 bits per heavy atom. The molecule has 5 rings (SSSR count). The van der Waals surface area contributed by atoms with Gasteiger partial charge in [-0.05, 0) is 37.5 Å². The molecule has 27 heavy (non-hydrogen) atoms. The minimum Gasteiger partial charge on any atom is -0.355 e. The Hall–Kier alpha value is -2.18. The van der Waals surface area contributed by atoms with E-state index in [2.05, 4.69) is 24.8 Å². The van der Waals surface area contributed by atoms with Gasteiger partial charge >= 0.3 is 0 Å². The number of imidazole rings is 1. The Morgan fingerprint density at radius 3 is 2.41 bits per heavy atom. The molecular formula is C20H28N6O. The monoisotopic (exact) mass is 368 g/mol. The van der Waals surface area contributed by atoms with Crippen molar-refractivity contribution in [3.05, 3.63) is 12.7 Å². The fraction of sp³-hybridized carbons (Fsp3) is 0.700. The smallest absolute Gasteiger partial charge is 0.225 e. The Kier molecular flexibility index (Phi) is 4.25. The number of anilines is 1. The van der Waals surface area contributed by atoms with Crippen LogP contribution in [0.2, 0.25) is 0 Å². The molecule has 0 radical (unpaired) electrons. The highest BCUT2D eigenvalue weighted by atomic mass is 16.2. The molecule has 7 nitrogen and oxygen atoms in total. The molecule has 2 aromatic rings. The van der Waals surface area contributed by atoms with Gasteiger partial charge in [0.2, 0.25) is 5.91 Å². The Balaban J connectivity index is 1.24. The summed E-state index contributed by atoms with van der Waals surface area (Å²) in [4.78, 5) is 30.8. The van der Waals surface area contributed by atoms with Gasteiger partial charge in [-0.3, -0.25) is 4.79 Å². The maximum Gasteiger partial charge on any atom is 0.225 e. The molecule has 3 fully saturated rings. The summed E-state index contributed by atoms with van der Waals surface area (Å²) in [5, 5.41) is 0. The van der Waals surface area contributed by atoms with Crippen LogP contribution < -0.4 is 4.90 Å². The Labute approximate surface area is 159 Å². The Morgan fingerprint density at radius 1 is 1.00 bits per heavy atom. The van der Waals surface area contributed by atoms with Crippen LogP contribution in [0, 0.1) is 17.8 Å². The molecule has 1 amide bonds. The minimum atomic E-state index is 0.169. The van der Waals surface area contributed by atoms with Crippen molar-refractivity contribution in [1.29, 1.82) is 0 Å². The molecule has 144 valence electrons. The first kappa shape index (κ1) is 17.0. The highest BCUT2D eigenvalue weighted by Crippen LogP contribution is 2.37. The van der Waals surface area contributed by atoms with E-state index in [1.54, 1.807) is 12.7 Å². The second kappa shape index (κ2) is 6.77. The lowest BCUT2D eigenvalue weighted by atomic mass is 9.82. The highest BCUT2D eigenvalue weighted by Gasteiger charge is 2.39. The van der Waals surface area contributed by atoms with Crippen LogP contribution in [-0.4, -0.2) is 56.5 Å². The lowest BCUT2D eigenvalue weighted by Crippen LogP contribution is -2.42. The number of aromatic nitrogens is 4. The molecule has 1 aliphatic carbocycles. The number of fused-ring (bicyclic) bond motifs is 2. The maximum atomic E-state index is 13.1. The number of piperidine rings is 1. The van der Waals surface area contributed by atoms with E-state index < -0.39 is 0 Å². The molecule has 1 saturated carbocycles. The lowest BCUT2D eigenvalue weighted by Gasteiger charge is -2.33. The molecule has 2 unspecified atom stereocenters. The van der Waals surface area contributed by atoms with E-state index in [-0.39, 0.29) is 5.92 Å². The van der Waals surface area contributed by atoms with Crippen LogP contribution in [0.25, 0.3) is 11.2 Å². The molecular weight excluding hydrogens is 340 g/mol. The van der Waals surface area contributed by atoms with Crippen LogP contribution >= 0.6 is 0 Å². The molecule has 2 atom stereocenters. The quantitative estimate of drug-likeness (QED) is 0.813. The summed E-state index contributed by atoms with van der Waals surface area (Å²) in [5.41, 5.74) is 1.71. The van der Waals surface area contributed by atoms with Crippen molar-refractivity contribution < 1.29 is 4.79 Å². The van der Waals surface area contributed by atoms with Gasteiger partial charge < -0.3 is 14.4 Å². The summed E-state index contributed by atoms with van der Waals surface area (Å²) in [5.74, 6) is 3.00. The van der Waals surface area contributed by atoms with Crippen LogP contribution in [0.1, 0.15) is 38.5 Å². The molecule has 0 aromatic carbocycles. The zero-order valence-corrected chi connectivity index (χ0v) is 16.0. The van der Waals surface area contributed by atoms with Crippen LogP contribution in [0.5, 0.6) is 0 Å². The first-order valence-electron chi connectivity index (χ1n) is 10.4. The lowest BCUT2D eigenvalue weighted by molar-refractivity contribution is -0.135. The minimum absolute atomic E-state index is 0.169. The zero-order valence-electron chi connectivity index (χ0n) is 16.0. The summed E-state index contributed by atoms with van der Waals surface area (Å²) < 4.78 is 1.92. The topological polar surface area (TPSA) is 67.2 Å². The average Bonchev–Trinajstić information content (AvgIpc) is 3.31. The number of carbonyl (C=O) groups excluding carboxylic acids is 1. The third-order valence-corrected chi connectivity index (χ3v) is 6.91. The first-order valence-corrected chi connectivity index (χ1v) is 10.4.